The van der Waals surface area contributed by atoms with Crippen molar-refractivity contribution in [2.45, 2.75) is 31.7 Å². The molecule has 1 aliphatic rings. The quantitative estimate of drug-likeness (QED) is 0.837. The van der Waals surface area contributed by atoms with E-state index in [1.807, 2.05) is 0 Å². The summed E-state index contributed by atoms with van der Waals surface area (Å²) in [4.78, 5) is 28.3. The van der Waals surface area contributed by atoms with E-state index in [0.29, 0.717) is 18.7 Å². The molecule has 0 spiro atoms. The van der Waals surface area contributed by atoms with Crippen molar-refractivity contribution in [3.8, 4) is 0 Å². The Labute approximate surface area is 98.2 Å². The van der Waals surface area contributed by atoms with Gasteiger partial charge in [0.1, 0.15) is 12.3 Å². The second-order valence-corrected chi connectivity index (χ2v) is 4.09. The van der Waals surface area contributed by atoms with Crippen molar-refractivity contribution in [1.82, 2.24) is 9.88 Å². The molecule has 6 nitrogen and oxygen atoms in total. The molecule has 1 amide bonds. The summed E-state index contributed by atoms with van der Waals surface area (Å²) in [6, 6.07) is -0.692. The minimum Gasteiger partial charge on any atom is -0.480 e. The van der Waals surface area contributed by atoms with Gasteiger partial charge in [0.2, 0.25) is 5.91 Å². The molecule has 1 fully saturated rings. The molecule has 6 heteroatoms. The largest absolute Gasteiger partial charge is 0.480 e. The summed E-state index contributed by atoms with van der Waals surface area (Å²) in [6.07, 6.45) is 4.99. The van der Waals surface area contributed by atoms with E-state index in [4.69, 9.17) is 9.52 Å². The average Bonchev–Trinajstić information content (AvgIpc) is 2.81. The zero-order chi connectivity index (χ0) is 12.3. The summed E-state index contributed by atoms with van der Waals surface area (Å²) in [6.45, 7) is 0.508. The number of hydrogen-bond acceptors (Lipinski definition) is 4. The number of likely N-dealkylation sites (tertiary alicyclic amines) is 1. The second kappa shape index (κ2) is 4.99. The predicted molar refractivity (Wildman–Crippen MR) is 57.2 cm³/mol. The van der Waals surface area contributed by atoms with Gasteiger partial charge in [-0.2, -0.15) is 0 Å². The van der Waals surface area contributed by atoms with Gasteiger partial charge in [0.05, 0.1) is 12.1 Å². The number of nitrogens with zero attached hydrogens (tertiary/aromatic N) is 2. The first-order chi connectivity index (χ1) is 8.18. The molecule has 1 saturated heterocycles. The van der Waals surface area contributed by atoms with Gasteiger partial charge in [-0.3, -0.25) is 4.79 Å². The fourth-order valence-electron chi connectivity index (χ4n) is 2.07. The molecule has 1 aliphatic heterocycles. The van der Waals surface area contributed by atoms with Gasteiger partial charge in [0.15, 0.2) is 6.39 Å². The number of aliphatic carboxylic acids is 1. The number of aromatic nitrogens is 1. The summed E-state index contributed by atoms with van der Waals surface area (Å²) < 4.78 is 4.78. The predicted octanol–water partition coefficient (Wildman–Crippen LogP) is 0.683. The van der Waals surface area contributed by atoms with E-state index in [9.17, 15) is 9.59 Å². The van der Waals surface area contributed by atoms with Crippen LogP contribution in [-0.4, -0.2) is 39.5 Å². The number of piperidine rings is 1. The fraction of sp³-hybridized carbons (Fsp3) is 0.545. The molecule has 1 atom stereocenters. The van der Waals surface area contributed by atoms with Crippen LogP contribution in [0.5, 0.6) is 0 Å². The van der Waals surface area contributed by atoms with E-state index < -0.39 is 12.0 Å². The lowest BCUT2D eigenvalue weighted by Crippen LogP contribution is -2.48. The van der Waals surface area contributed by atoms with Gasteiger partial charge < -0.3 is 14.4 Å². The van der Waals surface area contributed by atoms with Crippen molar-refractivity contribution >= 4 is 11.9 Å². The highest BCUT2D eigenvalue weighted by Gasteiger charge is 2.31. The Hall–Kier alpha value is -1.85. The van der Waals surface area contributed by atoms with E-state index in [-0.39, 0.29) is 12.3 Å². The topological polar surface area (TPSA) is 83.6 Å². The van der Waals surface area contributed by atoms with E-state index >= 15 is 0 Å². The Morgan fingerprint density at radius 3 is 3.00 bits per heavy atom. The van der Waals surface area contributed by atoms with Crippen LogP contribution in [0.25, 0.3) is 0 Å². The third-order valence-corrected chi connectivity index (χ3v) is 2.92. The smallest absolute Gasteiger partial charge is 0.326 e. The molecule has 0 aliphatic carbocycles. The Kier molecular flexibility index (Phi) is 3.41. The first-order valence-electron chi connectivity index (χ1n) is 5.58. The summed E-state index contributed by atoms with van der Waals surface area (Å²) in [5, 5.41) is 9.06. The van der Waals surface area contributed by atoms with E-state index in [2.05, 4.69) is 4.98 Å². The van der Waals surface area contributed by atoms with Crippen LogP contribution in [0.2, 0.25) is 0 Å². The minimum atomic E-state index is -0.932. The van der Waals surface area contributed by atoms with Gasteiger partial charge in [-0.15, -0.1) is 0 Å². The Morgan fingerprint density at radius 1 is 1.53 bits per heavy atom. The molecule has 1 aromatic heterocycles. The summed E-state index contributed by atoms with van der Waals surface area (Å²) in [7, 11) is 0. The first kappa shape index (κ1) is 11.6. The first-order valence-corrected chi connectivity index (χ1v) is 5.58. The van der Waals surface area contributed by atoms with Crippen molar-refractivity contribution in [2.75, 3.05) is 6.54 Å². The molecule has 2 rings (SSSR count). The molecular weight excluding hydrogens is 224 g/mol. The summed E-state index contributed by atoms with van der Waals surface area (Å²) >= 11 is 0. The van der Waals surface area contributed by atoms with Gasteiger partial charge in [-0.25, -0.2) is 9.78 Å². The molecule has 1 aromatic rings. The Bertz CT molecular complexity index is 402. The number of carbonyl (C=O) groups excluding carboxylic acids is 1. The maximum Gasteiger partial charge on any atom is 0.326 e. The number of carbonyl (C=O) groups is 2. The summed E-state index contributed by atoms with van der Waals surface area (Å²) in [5.74, 6) is -1.13. The van der Waals surface area contributed by atoms with Crippen LogP contribution in [0.1, 0.15) is 25.0 Å². The van der Waals surface area contributed by atoms with Crippen molar-refractivity contribution in [2.24, 2.45) is 0 Å². The zero-order valence-corrected chi connectivity index (χ0v) is 9.33. The van der Waals surface area contributed by atoms with Crippen LogP contribution in [0.3, 0.4) is 0 Å². The normalized spacial score (nSPS) is 20.2. The van der Waals surface area contributed by atoms with Crippen molar-refractivity contribution < 1.29 is 19.1 Å². The molecule has 2 heterocycles. The van der Waals surface area contributed by atoms with Crippen LogP contribution in [0.4, 0.5) is 0 Å². The Morgan fingerprint density at radius 2 is 2.35 bits per heavy atom. The molecule has 1 N–H and O–H groups in total. The number of hydrogen-bond donors (Lipinski definition) is 1. The molecule has 92 valence electrons. The lowest BCUT2D eigenvalue weighted by atomic mass is 10.0. The molecular formula is C11H14N2O4. The zero-order valence-electron chi connectivity index (χ0n) is 9.33. The molecule has 0 bridgehead atoms. The van der Waals surface area contributed by atoms with Crippen molar-refractivity contribution in [3.63, 3.8) is 0 Å². The van der Waals surface area contributed by atoms with E-state index in [0.717, 1.165) is 12.8 Å². The lowest BCUT2D eigenvalue weighted by molar-refractivity contribution is -0.151. The highest BCUT2D eigenvalue weighted by atomic mass is 16.4. The average molecular weight is 238 g/mol. The lowest BCUT2D eigenvalue weighted by Gasteiger charge is -2.32. The maximum atomic E-state index is 12.0. The van der Waals surface area contributed by atoms with Gasteiger partial charge in [-0.05, 0) is 19.3 Å². The number of oxazole rings is 1. The minimum absolute atomic E-state index is 0.0975. The third kappa shape index (κ3) is 2.64. The van der Waals surface area contributed by atoms with Crippen LogP contribution >= 0.6 is 0 Å². The number of carboxylic acid groups (broad SMARTS) is 1. The number of amides is 1. The van der Waals surface area contributed by atoms with Crippen molar-refractivity contribution in [1.29, 1.82) is 0 Å². The summed E-state index contributed by atoms with van der Waals surface area (Å²) in [5.41, 5.74) is 0.532. The van der Waals surface area contributed by atoms with E-state index in [1.54, 1.807) is 0 Å². The molecule has 1 unspecified atom stereocenters. The van der Waals surface area contributed by atoms with Gasteiger partial charge >= 0.3 is 5.97 Å². The van der Waals surface area contributed by atoms with Crippen LogP contribution in [-0.2, 0) is 16.0 Å². The van der Waals surface area contributed by atoms with Gasteiger partial charge in [-0.1, -0.05) is 0 Å². The van der Waals surface area contributed by atoms with Crippen LogP contribution in [0, 0.1) is 0 Å². The molecule has 0 saturated carbocycles. The monoisotopic (exact) mass is 238 g/mol. The third-order valence-electron chi connectivity index (χ3n) is 2.92. The van der Waals surface area contributed by atoms with Gasteiger partial charge in [0, 0.05) is 6.54 Å². The van der Waals surface area contributed by atoms with Crippen LogP contribution < -0.4 is 0 Å². The molecule has 0 radical (unpaired) electrons. The van der Waals surface area contributed by atoms with E-state index in [1.165, 1.54) is 17.6 Å². The van der Waals surface area contributed by atoms with Crippen molar-refractivity contribution in [3.05, 3.63) is 18.4 Å². The highest BCUT2D eigenvalue weighted by molar-refractivity contribution is 5.84. The van der Waals surface area contributed by atoms with Gasteiger partial charge in [0.25, 0.3) is 0 Å². The molecule has 0 aromatic carbocycles. The van der Waals surface area contributed by atoms with Crippen LogP contribution in [0.15, 0.2) is 17.1 Å². The number of carboxylic acids is 1. The second-order valence-electron chi connectivity index (χ2n) is 4.09. The number of rotatable bonds is 3. The standard InChI is InChI=1S/C11H14N2O4/c14-10(5-8-6-17-7-12-8)13-4-2-1-3-9(13)11(15)16/h6-7,9H,1-5H2,(H,15,16). The Balaban J connectivity index is 2.03. The molecule has 17 heavy (non-hydrogen) atoms. The highest BCUT2D eigenvalue weighted by Crippen LogP contribution is 2.18. The maximum absolute atomic E-state index is 12.0. The fourth-order valence-corrected chi connectivity index (χ4v) is 2.07. The SMILES string of the molecule is O=C(O)C1CCCCN1C(=O)Cc1cocn1.